The molecule has 0 N–H and O–H groups in total. The minimum atomic E-state index is -0.412. The van der Waals surface area contributed by atoms with Crippen molar-refractivity contribution < 1.29 is 9.45 Å². The van der Waals surface area contributed by atoms with E-state index in [-0.39, 0.29) is 5.69 Å². The van der Waals surface area contributed by atoms with Gasteiger partial charge in [-0.3, -0.25) is 10.1 Å². The zero-order chi connectivity index (χ0) is 12.5. The molecule has 0 saturated heterocycles. The van der Waals surface area contributed by atoms with Crippen LogP contribution in [0.25, 0.3) is 10.9 Å². The van der Waals surface area contributed by atoms with Crippen LogP contribution in [0.1, 0.15) is 5.82 Å². The molecule has 0 aliphatic carbocycles. The molecule has 0 unspecified atom stereocenters. The van der Waals surface area contributed by atoms with Crippen molar-refractivity contribution in [3.8, 4) is 0 Å². The minimum absolute atomic E-state index is 0.0653. The molecule has 0 fully saturated rings. The Balaban J connectivity index is 2.06. The number of benzene rings is 1. The Labute approximate surface area is 101 Å². The Bertz CT molecular complexity index is 702. The summed E-state index contributed by atoms with van der Waals surface area (Å²) in [5.74, 6) is 0.527. The zero-order valence-electron chi connectivity index (χ0n) is 9.18. The molecule has 18 heavy (non-hydrogen) atoms. The van der Waals surface area contributed by atoms with Gasteiger partial charge in [0.25, 0.3) is 5.69 Å². The molecule has 7 heteroatoms. The first kappa shape index (κ1) is 10.5. The van der Waals surface area contributed by atoms with E-state index in [4.69, 9.17) is 0 Å². The summed E-state index contributed by atoms with van der Waals surface area (Å²) >= 11 is 0. The predicted octanol–water partition coefficient (Wildman–Crippen LogP) is 1.98. The molecule has 0 spiro atoms. The van der Waals surface area contributed by atoms with Crippen molar-refractivity contribution in [2.75, 3.05) is 0 Å². The number of aromatic nitrogens is 3. The van der Waals surface area contributed by atoms with Crippen molar-refractivity contribution in [1.82, 2.24) is 14.7 Å². The molecule has 0 saturated carbocycles. The average molecular weight is 244 g/mol. The molecular weight excluding hydrogens is 236 g/mol. The van der Waals surface area contributed by atoms with Gasteiger partial charge in [0, 0.05) is 23.7 Å². The molecule has 2 aromatic heterocycles. The summed E-state index contributed by atoms with van der Waals surface area (Å²) in [7, 11) is 0. The number of rotatable bonds is 3. The molecule has 3 aromatic rings. The maximum atomic E-state index is 10.8. The van der Waals surface area contributed by atoms with Gasteiger partial charge in [0.15, 0.2) is 5.82 Å². The highest BCUT2D eigenvalue weighted by Crippen LogP contribution is 2.22. The lowest BCUT2D eigenvalue weighted by molar-refractivity contribution is -0.384. The van der Waals surface area contributed by atoms with E-state index in [2.05, 4.69) is 14.7 Å². The molecular formula is C11H8N4O3. The SMILES string of the molecule is O=[N+]([O-])c1ccc2ccn(Cc3ncon3)c2c1. The van der Waals surface area contributed by atoms with Crippen molar-refractivity contribution in [1.29, 1.82) is 0 Å². The Morgan fingerprint density at radius 2 is 2.28 bits per heavy atom. The molecule has 0 aliphatic rings. The fraction of sp³-hybridized carbons (Fsp3) is 0.0909. The number of fused-ring (bicyclic) bond motifs is 1. The van der Waals surface area contributed by atoms with E-state index in [1.165, 1.54) is 18.5 Å². The topological polar surface area (TPSA) is 87.0 Å². The Hall–Kier alpha value is -2.70. The van der Waals surface area contributed by atoms with Crippen LogP contribution in [0.2, 0.25) is 0 Å². The fourth-order valence-corrected chi connectivity index (χ4v) is 1.84. The number of hydrogen-bond acceptors (Lipinski definition) is 5. The third-order valence-electron chi connectivity index (χ3n) is 2.69. The highest BCUT2D eigenvalue weighted by molar-refractivity contribution is 5.82. The highest BCUT2D eigenvalue weighted by atomic mass is 16.6. The second-order valence-corrected chi connectivity index (χ2v) is 3.79. The van der Waals surface area contributed by atoms with E-state index in [1.807, 2.05) is 16.8 Å². The van der Waals surface area contributed by atoms with E-state index in [9.17, 15) is 10.1 Å². The Morgan fingerprint density at radius 1 is 1.39 bits per heavy atom. The van der Waals surface area contributed by atoms with Crippen LogP contribution < -0.4 is 0 Å². The van der Waals surface area contributed by atoms with Gasteiger partial charge in [-0.2, -0.15) is 4.98 Å². The molecule has 90 valence electrons. The molecule has 0 aliphatic heterocycles. The molecule has 7 nitrogen and oxygen atoms in total. The summed E-state index contributed by atoms with van der Waals surface area (Å²) in [4.78, 5) is 14.3. The third-order valence-corrected chi connectivity index (χ3v) is 2.69. The van der Waals surface area contributed by atoms with Crippen molar-refractivity contribution in [2.45, 2.75) is 6.54 Å². The van der Waals surface area contributed by atoms with Crippen LogP contribution in [0.5, 0.6) is 0 Å². The van der Waals surface area contributed by atoms with Gasteiger partial charge in [-0.15, -0.1) is 0 Å². The maximum absolute atomic E-state index is 10.8. The number of nitro groups is 1. The van der Waals surface area contributed by atoms with Crippen molar-refractivity contribution in [3.05, 3.63) is 52.8 Å². The van der Waals surface area contributed by atoms with Crippen molar-refractivity contribution in [3.63, 3.8) is 0 Å². The van der Waals surface area contributed by atoms with Gasteiger partial charge >= 0.3 is 0 Å². The van der Waals surface area contributed by atoms with Crippen molar-refractivity contribution in [2.24, 2.45) is 0 Å². The Kier molecular flexibility index (Phi) is 2.30. The predicted molar refractivity (Wildman–Crippen MR) is 62.0 cm³/mol. The minimum Gasteiger partial charge on any atom is -0.343 e. The monoisotopic (exact) mass is 244 g/mol. The standard InChI is InChI=1S/C11H8N4O3/c16-15(17)9-2-1-8-3-4-14(10(8)5-9)6-11-12-7-18-13-11/h1-5,7H,6H2. The Morgan fingerprint density at radius 3 is 3.00 bits per heavy atom. The quantitative estimate of drug-likeness (QED) is 0.519. The molecule has 0 bridgehead atoms. The maximum Gasteiger partial charge on any atom is 0.271 e. The number of nitro benzene ring substituents is 1. The van der Waals surface area contributed by atoms with Crippen molar-refractivity contribution >= 4 is 16.6 Å². The lowest BCUT2D eigenvalue weighted by atomic mass is 10.2. The van der Waals surface area contributed by atoms with Crippen LogP contribution in [0.3, 0.4) is 0 Å². The van der Waals surface area contributed by atoms with E-state index in [1.54, 1.807) is 6.07 Å². The average Bonchev–Trinajstić information content (AvgIpc) is 2.99. The lowest BCUT2D eigenvalue weighted by Crippen LogP contribution is -2.00. The van der Waals surface area contributed by atoms with Crippen LogP contribution in [0, 0.1) is 10.1 Å². The summed E-state index contributed by atoms with van der Waals surface area (Å²) in [5.41, 5.74) is 0.838. The first-order valence-electron chi connectivity index (χ1n) is 5.22. The fourth-order valence-electron chi connectivity index (χ4n) is 1.84. The largest absolute Gasteiger partial charge is 0.343 e. The molecule has 0 radical (unpaired) electrons. The second kappa shape index (κ2) is 3.95. The normalized spacial score (nSPS) is 10.9. The van der Waals surface area contributed by atoms with Crippen LogP contribution in [0.15, 0.2) is 41.4 Å². The number of nitrogens with zero attached hydrogens (tertiary/aromatic N) is 4. The second-order valence-electron chi connectivity index (χ2n) is 3.79. The van der Waals surface area contributed by atoms with Gasteiger partial charge in [0.05, 0.1) is 17.0 Å². The summed E-state index contributed by atoms with van der Waals surface area (Å²) in [6.45, 7) is 0.418. The van der Waals surface area contributed by atoms with Gasteiger partial charge in [-0.1, -0.05) is 5.16 Å². The van der Waals surface area contributed by atoms with Gasteiger partial charge in [-0.25, -0.2) is 0 Å². The van der Waals surface area contributed by atoms with Gasteiger partial charge in [-0.05, 0) is 12.1 Å². The number of non-ortho nitro benzene ring substituents is 1. The van der Waals surface area contributed by atoms with E-state index < -0.39 is 4.92 Å². The van der Waals surface area contributed by atoms with Crippen LogP contribution >= 0.6 is 0 Å². The van der Waals surface area contributed by atoms with Gasteiger partial charge < -0.3 is 9.09 Å². The van der Waals surface area contributed by atoms with E-state index in [0.717, 1.165) is 10.9 Å². The lowest BCUT2D eigenvalue weighted by Gasteiger charge is -2.01. The van der Waals surface area contributed by atoms with E-state index >= 15 is 0 Å². The summed E-state index contributed by atoms with van der Waals surface area (Å²) in [5, 5.41) is 15.4. The summed E-state index contributed by atoms with van der Waals surface area (Å²) < 4.78 is 6.50. The van der Waals surface area contributed by atoms with Crippen LogP contribution in [-0.4, -0.2) is 19.6 Å². The van der Waals surface area contributed by atoms with Gasteiger partial charge in [0.2, 0.25) is 6.39 Å². The van der Waals surface area contributed by atoms with Crippen LogP contribution in [-0.2, 0) is 6.54 Å². The third kappa shape index (κ3) is 1.71. The smallest absolute Gasteiger partial charge is 0.271 e. The molecule has 1 aromatic carbocycles. The molecule has 3 rings (SSSR count). The zero-order valence-corrected chi connectivity index (χ0v) is 9.18. The van der Waals surface area contributed by atoms with E-state index in [0.29, 0.717) is 12.4 Å². The molecule has 0 amide bonds. The molecule has 2 heterocycles. The van der Waals surface area contributed by atoms with Gasteiger partial charge in [0.1, 0.15) is 0 Å². The van der Waals surface area contributed by atoms with Crippen LogP contribution in [0.4, 0.5) is 5.69 Å². The number of hydrogen-bond donors (Lipinski definition) is 0. The summed E-state index contributed by atoms with van der Waals surface area (Å²) in [6.07, 6.45) is 3.09. The first-order valence-corrected chi connectivity index (χ1v) is 5.22. The highest BCUT2D eigenvalue weighted by Gasteiger charge is 2.10. The summed E-state index contributed by atoms with van der Waals surface area (Å²) in [6, 6.07) is 6.63. The molecule has 0 atom stereocenters. The first-order chi connectivity index (χ1) is 8.74.